The van der Waals surface area contributed by atoms with Gasteiger partial charge < -0.3 is 4.74 Å². The molecule has 0 N–H and O–H groups in total. The summed E-state index contributed by atoms with van der Waals surface area (Å²) in [5.41, 5.74) is 2.17. The second-order valence-electron chi connectivity index (χ2n) is 6.55. The number of ether oxygens (including phenoxy) is 1. The largest absolute Gasteiger partial charge is 0.481 e. The molecule has 98 valence electrons. The molecule has 1 heterocycles. The highest BCUT2D eigenvalue weighted by atomic mass is 16.5. The molecule has 0 atom stereocenters. The maximum Gasteiger partial charge on any atom is 0.213 e. The van der Waals surface area contributed by atoms with Gasteiger partial charge in [0.1, 0.15) is 6.07 Å². The van der Waals surface area contributed by atoms with Crippen LogP contribution >= 0.6 is 0 Å². The Kier molecular flexibility index (Phi) is 3.71. The maximum absolute atomic E-state index is 9.46. The van der Waals surface area contributed by atoms with E-state index < -0.39 is 0 Å². The molecule has 1 aromatic rings. The van der Waals surface area contributed by atoms with E-state index in [2.05, 4.69) is 52.6 Å². The molecule has 0 saturated heterocycles. The van der Waals surface area contributed by atoms with Gasteiger partial charge in [-0.2, -0.15) is 5.26 Å². The zero-order valence-corrected chi connectivity index (χ0v) is 12.4. The maximum atomic E-state index is 9.46. The van der Waals surface area contributed by atoms with Crippen LogP contribution in [-0.2, 0) is 10.8 Å². The molecule has 0 aliphatic heterocycles. The van der Waals surface area contributed by atoms with E-state index in [-0.39, 0.29) is 10.8 Å². The number of rotatable bonds is 1. The number of nitriles is 1. The van der Waals surface area contributed by atoms with Crippen LogP contribution in [0.1, 0.15) is 58.4 Å². The normalized spacial score (nSPS) is 12.1. The van der Waals surface area contributed by atoms with Crippen LogP contribution in [0.25, 0.3) is 0 Å². The van der Waals surface area contributed by atoms with E-state index in [0.29, 0.717) is 11.4 Å². The summed E-state index contributed by atoms with van der Waals surface area (Å²) >= 11 is 0. The van der Waals surface area contributed by atoms with Crippen molar-refractivity contribution in [2.24, 2.45) is 0 Å². The zero-order chi connectivity index (χ0) is 14.1. The fourth-order valence-corrected chi connectivity index (χ4v) is 1.87. The minimum atomic E-state index is -0.181. The Balaban J connectivity index is 3.68. The summed E-state index contributed by atoms with van der Waals surface area (Å²) < 4.78 is 5.26. The summed E-state index contributed by atoms with van der Waals surface area (Å²) in [7, 11) is 1.60. The van der Waals surface area contributed by atoms with Gasteiger partial charge in [0.15, 0.2) is 0 Å². The van der Waals surface area contributed by atoms with Gasteiger partial charge in [0.25, 0.3) is 0 Å². The van der Waals surface area contributed by atoms with Crippen molar-refractivity contribution in [3.63, 3.8) is 0 Å². The summed E-state index contributed by atoms with van der Waals surface area (Å²) in [5, 5.41) is 9.46. The number of methoxy groups -OCH3 is 1. The van der Waals surface area contributed by atoms with Crippen LogP contribution in [0.4, 0.5) is 0 Å². The van der Waals surface area contributed by atoms with Crippen LogP contribution in [-0.4, -0.2) is 12.1 Å². The van der Waals surface area contributed by atoms with Gasteiger partial charge in [0.05, 0.1) is 18.4 Å². The Morgan fingerprint density at radius 2 is 1.67 bits per heavy atom. The van der Waals surface area contributed by atoms with Gasteiger partial charge in [-0.05, 0) is 11.0 Å². The lowest BCUT2D eigenvalue weighted by molar-refractivity contribution is 0.389. The number of nitrogens with zero attached hydrogens (tertiary/aromatic N) is 2. The minimum absolute atomic E-state index is 0.110. The van der Waals surface area contributed by atoms with E-state index >= 15 is 0 Å². The number of hydrogen-bond donors (Lipinski definition) is 0. The predicted octanol–water partition coefficient (Wildman–Crippen LogP) is 3.56. The Labute approximate surface area is 110 Å². The molecule has 3 nitrogen and oxygen atoms in total. The first-order valence-corrected chi connectivity index (χ1v) is 6.11. The Hall–Kier alpha value is -1.56. The second kappa shape index (κ2) is 4.61. The van der Waals surface area contributed by atoms with Crippen molar-refractivity contribution >= 4 is 0 Å². The molecular weight excluding hydrogens is 224 g/mol. The van der Waals surface area contributed by atoms with Crippen molar-refractivity contribution in [3.8, 4) is 11.9 Å². The highest BCUT2D eigenvalue weighted by Crippen LogP contribution is 2.34. The molecule has 0 aromatic carbocycles. The van der Waals surface area contributed by atoms with E-state index in [1.54, 1.807) is 7.11 Å². The van der Waals surface area contributed by atoms with E-state index in [1.165, 1.54) is 0 Å². The Morgan fingerprint density at radius 3 is 2.00 bits per heavy atom. The third-order valence-electron chi connectivity index (χ3n) is 2.84. The highest BCUT2D eigenvalue weighted by Gasteiger charge is 2.28. The van der Waals surface area contributed by atoms with Crippen molar-refractivity contribution in [1.82, 2.24) is 4.98 Å². The summed E-state index contributed by atoms with van der Waals surface area (Å²) in [6.07, 6.45) is 0. The van der Waals surface area contributed by atoms with Crippen LogP contribution < -0.4 is 4.74 Å². The predicted molar refractivity (Wildman–Crippen MR) is 72.9 cm³/mol. The van der Waals surface area contributed by atoms with Crippen molar-refractivity contribution in [2.45, 2.75) is 52.4 Å². The van der Waals surface area contributed by atoms with Gasteiger partial charge in [-0.1, -0.05) is 41.5 Å². The van der Waals surface area contributed by atoms with Crippen molar-refractivity contribution in [3.05, 3.63) is 22.9 Å². The lowest BCUT2D eigenvalue weighted by atomic mass is 9.79. The summed E-state index contributed by atoms with van der Waals surface area (Å²) in [5.74, 6) is 0.573. The quantitative estimate of drug-likeness (QED) is 0.761. The molecule has 0 saturated carbocycles. The molecule has 0 aliphatic carbocycles. The van der Waals surface area contributed by atoms with Crippen LogP contribution in [0, 0.1) is 11.3 Å². The fourth-order valence-electron chi connectivity index (χ4n) is 1.87. The Bertz CT molecular complexity index is 450. The summed E-state index contributed by atoms with van der Waals surface area (Å²) in [6, 6.07) is 4.18. The molecule has 18 heavy (non-hydrogen) atoms. The van der Waals surface area contributed by atoms with E-state index in [0.717, 1.165) is 11.3 Å². The smallest absolute Gasteiger partial charge is 0.213 e. The molecule has 0 fully saturated rings. The SMILES string of the molecule is COc1cc(C(C)(C)C)c(C#N)c(C(C)(C)C)n1. The van der Waals surface area contributed by atoms with Crippen molar-refractivity contribution in [2.75, 3.05) is 7.11 Å². The molecular formula is C15H22N2O. The topological polar surface area (TPSA) is 45.9 Å². The van der Waals surface area contributed by atoms with Gasteiger partial charge in [-0.15, -0.1) is 0 Å². The van der Waals surface area contributed by atoms with Crippen LogP contribution in [0.3, 0.4) is 0 Å². The van der Waals surface area contributed by atoms with Crippen LogP contribution in [0.5, 0.6) is 5.88 Å². The molecule has 0 spiro atoms. The summed E-state index contributed by atoms with van der Waals surface area (Å²) in [4.78, 5) is 4.46. The van der Waals surface area contributed by atoms with E-state index in [9.17, 15) is 5.26 Å². The lowest BCUT2D eigenvalue weighted by Gasteiger charge is -2.26. The third kappa shape index (κ3) is 2.81. The van der Waals surface area contributed by atoms with Gasteiger partial charge in [0, 0.05) is 11.5 Å². The van der Waals surface area contributed by atoms with Gasteiger partial charge in [-0.25, -0.2) is 4.98 Å². The third-order valence-corrected chi connectivity index (χ3v) is 2.84. The summed E-state index contributed by atoms with van der Waals surface area (Å²) in [6.45, 7) is 12.4. The van der Waals surface area contributed by atoms with Gasteiger partial charge >= 0.3 is 0 Å². The molecule has 0 unspecified atom stereocenters. The van der Waals surface area contributed by atoms with Gasteiger partial charge in [-0.3, -0.25) is 0 Å². The van der Waals surface area contributed by atoms with Crippen LogP contribution in [0.2, 0.25) is 0 Å². The van der Waals surface area contributed by atoms with Crippen LogP contribution in [0.15, 0.2) is 6.07 Å². The average Bonchev–Trinajstić information content (AvgIpc) is 2.24. The molecule has 3 heteroatoms. The molecule has 0 radical (unpaired) electrons. The number of hydrogen-bond acceptors (Lipinski definition) is 3. The first-order chi connectivity index (χ1) is 8.11. The first-order valence-electron chi connectivity index (χ1n) is 6.11. The van der Waals surface area contributed by atoms with Crippen molar-refractivity contribution < 1.29 is 4.74 Å². The molecule has 0 amide bonds. The molecule has 0 bridgehead atoms. The average molecular weight is 246 g/mol. The monoisotopic (exact) mass is 246 g/mol. The highest BCUT2D eigenvalue weighted by molar-refractivity contribution is 5.49. The zero-order valence-electron chi connectivity index (χ0n) is 12.4. The first kappa shape index (κ1) is 14.5. The number of aromatic nitrogens is 1. The molecule has 1 rings (SSSR count). The van der Waals surface area contributed by atoms with Gasteiger partial charge in [0.2, 0.25) is 5.88 Å². The Morgan fingerprint density at radius 1 is 1.11 bits per heavy atom. The fraction of sp³-hybridized carbons (Fsp3) is 0.600. The lowest BCUT2D eigenvalue weighted by Crippen LogP contribution is -2.22. The standard InChI is InChI=1S/C15H22N2O/c1-14(2,3)11-8-12(18-7)17-13(10(11)9-16)15(4,5)6/h8H,1-7H3. The van der Waals surface area contributed by atoms with Crippen molar-refractivity contribution in [1.29, 1.82) is 5.26 Å². The van der Waals surface area contributed by atoms with E-state index in [1.807, 2.05) is 6.07 Å². The molecule has 0 aliphatic rings. The number of pyridine rings is 1. The van der Waals surface area contributed by atoms with E-state index in [4.69, 9.17) is 4.74 Å². The molecule has 1 aromatic heterocycles. The second-order valence-corrected chi connectivity index (χ2v) is 6.55. The minimum Gasteiger partial charge on any atom is -0.481 e.